The van der Waals surface area contributed by atoms with E-state index in [1.165, 1.54) is 58.2 Å². The molecule has 0 aromatic carbocycles. The Bertz CT molecular complexity index is 446. The topological polar surface area (TPSA) is 54.2 Å². The predicted molar refractivity (Wildman–Crippen MR) is 75.3 cm³/mol. The summed E-state index contributed by atoms with van der Waals surface area (Å²) in [6, 6.07) is 0.765. The van der Waals surface area contributed by atoms with Crippen molar-refractivity contribution in [2.75, 3.05) is 19.6 Å². The highest BCUT2D eigenvalue weighted by molar-refractivity contribution is 5.03. The molecule has 2 aliphatic carbocycles. The molecule has 5 heteroatoms. The Kier molecular flexibility index (Phi) is 3.48. The van der Waals surface area contributed by atoms with Gasteiger partial charge in [0.1, 0.15) is 0 Å². The predicted octanol–water partition coefficient (Wildman–Crippen LogP) is 1.91. The third-order valence-corrected chi connectivity index (χ3v) is 4.78. The molecule has 1 saturated heterocycles. The van der Waals surface area contributed by atoms with E-state index in [2.05, 4.69) is 20.4 Å². The average Bonchev–Trinajstić information content (AvgIpc) is 3.39. The van der Waals surface area contributed by atoms with Gasteiger partial charge in [-0.3, -0.25) is 4.90 Å². The molecule has 1 N–H and O–H groups in total. The van der Waals surface area contributed by atoms with Crippen molar-refractivity contribution in [3.8, 4) is 0 Å². The van der Waals surface area contributed by atoms with Gasteiger partial charge in [0.25, 0.3) is 0 Å². The Labute approximate surface area is 120 Å². The van der Waals surface area contributed by atoms with Crippen molar-refractivity contribution in [3.05, 3.63) is 11.7 Å². The minimum atomic E-state index is 0.589. The summed E-state index contributed by atoms with van der Waals surface area (Å²) < 4.78 is 5.45. The standard InChI is InChI=1S/C15H24N4O/c1-2-12(1)15-17-14(20-18-15)10-19(13-3-4-13)9-11-5-7-16-8-6-11/h11-13,16H,1-10H2. The van der Waals surface area contributed by atoms with Crippen LogP contribution in [0.4, 0.5) is 0 Å². The summed E-state index contributed by atoms with van der Waals surface area (Å²) in [6.07, 6.45) is 7.77. The van der Waals surface area contributed by atoms with Crippen molar-refractivity contribution in [1.82, 2.24) is 20.4 Å². The molecule has 0 amide bonds. The van der Waals surface area contributed by atoms with Gasteiger partial charge in [-0.25, -0.2) is 0 Å². The molecule has 0 bridgehead atoms. The van der Waals surface area contributed by atoms with E-state index in [9.17, 15) is 0 Å². The maximum absolute atomic E-state index is 5.45. The van der Waals surface area contributed by atoms with Gasteiger partial charge >= 0.3 is 0 Å². The van der Waals surface area contributed by atoms with Crippen LogP contribution in [0, 0.1) is 5.92 Å². The second-order valence-electron chi connectivity index (χ2n) is 6.67. The van der Waals surface area contributed by atoms with Gasteiger partial charge in [0.2, 0.25) is 5.89 Å². The third kappa shape index (κ3) is 3.04. The fourth-order valence-corrected chi connectivity index (χ4v) is 3.19. The number of aromatic nitrogens is 2. The lowest BCUT2D eigenvalue weighted by Crippen LogP contribution is -2.37. The second kappa shape index (κ2) is 5.45. The molecular weight excluding hydrogens is 252 g/mol. The van der Waals surface area contributed by atoms with Crippen molar-refractivity contribution >= 4 is 0 Å². The average molecular weight is 276 g/mol. The molecule has 2 saturated carbocycles. The van der Waals surface area contributed by atoms with Crippen molar-refractivity contribution < 1.29 is 4.52 Å². The first kappa shape index (κ1) is 12.8. The van der Waals surface area contributed by atoms with Gasteiger partial charge in [0.05, 0.1) is 6.54 Å². The molecule has 0 unspecified atom stereocenters. The van der Waals surface area contributed by atoms with Crippen molar-refractivity contribution in [2.45, 2.75) is 57.0 Å². The first-order valence-corrected chi connectivity index (χ1v) is 8.16. The molecule has 0 radical (unpaired) electrons. The normalized spacial score (nSPS) is 24.4. The summed E-state index contributed by atoms with van der Waals surface area (Å²) in [5.41, 5.74) is 0. The van der Waals surface area contributed by atoms with E-state index < -0.39 is 0 Å². The third-order valence-electron chi connectivity index (χ3n) is 4.78. The summed E-state index contributed by atoms with van der Waals surface area (Å²) in [5.74, 6) is 3.19. The van der Waals surface area contributed by atoms with E-state index in [4.69, 9.17) is 4.52 Å². The molecule has 1 aromatic heterocycles. The minimum absolute atomic E-state index is 0.589. The van der Waals surface area contributed by atoms with Crippen LogP contribution in [0.2, 0.25) is 0 Å². The van der Waals surface area contributed by atoms with Crippen LogP contribution in [-0.4, -0.2) is 40.7 Å². The molecule has 110 valence electrons. The first-order chi connectivity index (χ1) is 9.88. The number of nitrogens with zero attached hydrogens (tertiary/aromatic N) is 3. The van der Waals surface area contributed by atoms with Gasteiger partial charge in [-0.05, 0) is 57.5 Å². The molecule has 0 atom stereocenters. The van der Waals surface area contributed by atoms with Crippen LogP contribution < -0.4 is 5.32 Å². The summed E-state index contributed by atoms with van der Waals surface area (Å²) in [7, 11) is 0. The summed E-state index contributed by atoms with van der Waals surface area (Å²) >= 11 is 0. The van der Waals surface area contributed by atoms with Crippen LogP contribution in [0.5, 0.6) is 0 Å². The van der Waals surface area contributed by atoms with Crippen LogP contribution in [0.3, 0.4) is 0 Å². The maximum Gasteiger partial charge on any atom is 0.240 e. The van der Waals surface area contributed by atoms with Crippen LogP contribution in [-0.2, 0) is 6.54 Å². The molecule has 20 heavy (non-hydrogen) atoms. The highest BCUT2D eigenvalue weighted by atomic mass is 16.5. The van der Waals surface area contributed by atoms with E-state index in [1.807, 2.05) is 0 Å². The second-order valence-corrected chi connectivity index (χ2v) is 6.67. The molecule has 5 nitrogen and oxygen atoms in total. The lowest BCUT2D eigenvalue weighted by molar-refractivity contribution is 0.170. The number of hydrogen-bond donors (Lipinski definition) is 1. The Balaban J connectivity index is 1.37. The fraction of sp³-hybridized carbons (Fsp3) is 0.867. The zero-order valence-corrected chi connectivity index (χ0v) is 12.1. The zero-order chi connectivity index (χ0) is 13.4. The van der Waals surface area contributed by atoms with E-state index in [1.54, 1.807) is 0 Å². The zero-order valence-electron chi connectivity index (χ0n) is 12.1. The van der Waals surface area contributed by atoms with Gasteiger partial charge in [0, 0.05) is 18.5 Å². The quantitative estimate of drug-likeness (QED) is 0.860. The van der Waals surface area contributed by atoms with Gasteiger partial charge in [-0.2, -0.15) is 4.98 Å². The van der Waals surface area contributed by atoms with Gasteiger partial charge < -0.3 is 9.84 Å². The minimum Gasteiger partial charge on any atom is -0.338 e. The Morgan fingerprint density at radius 3 is 2.60 bits per heavy atom. The van der Waals surface area contributed by atoms with Crippen molar-refractivity contribution in [1.29, 1.82) is 0 Å². The summed E-state index contributed by atoms with van der Waals surface area (Å²) in [4.78, 5) is 7.17. The highest BCUT2D eigenvalue weighted by Gasteiger charge is 2.33. The van der Waals surface area contributed by atoms with E-state index in [0.717, 1.165) is 30.2 Å². The smallest absolute Gasteiger partial charge is 0.240 e. The lowest BCUT2D eigenvalue weighted by Gasteiger charge is -2.29. The van der Waals surface area contributed by atoms with Gasteiger partial charge in [-0.1, -0.05) is 5.16 Å². The number of nitrogens with one attached hydrogen (secondary N) is 1. The Morgan fingerprint density at radius 1 is 1.10 bits per heavy atom. The largest absolute Gasteiger partial charge is 0.338 e. The SMILES string of the molecule is C1CC(CN(Cc2nc(C3CC3)no2)C2CC2)CCN1. The van der Waals surface area contributed by atoms with Crippen LogP contribution in [0.15, 0.2) is 4.52 Å². The van der Waals surface area contributed by atoms with Crippen molar-refractivity contribution in [3.63, 3.8) is 0 Å². The summed E-state index contributed by atoms with van der Waals surface area (Å²) in [6.45, 7) is 4.41. The van der Waals surface area contributed by atoms with E-state index in [0.29, 0.717) is 5.92 Å². The number of hydrogen-bond acceptors (Lipinski definition) is 5. The first-order valence-electron chi connectivity index (χ1n) is 8.16. The molecule has 4 rings (SSSR count). The van der Waals surface area contributed by atoms with E-state index >= 15 is 0 Å². The van der Waals surface area contributed by atoms with Crippen molar-refractivity contribution in [2.24, 2.45) is 5.92 Å². The van der Waals surface area contributed by atoms with Crippen LogP contribution in [0.1, 0.15) is 56.2 Å². The monoisotopic (exact) mass is 276 g/mol. The molecule has 1 aliphatic heterocycles. The molecule has 1 aromatic rings. The van der Waals surface area contributed by atoms with Crippen LogP contribution in [0.25, 0.3) is 0 Å². The number of rotatable bonds is 6. The molecule has 2 heterocycles. The highest BCUT2D eigenvalue weighted by Crippen LogP contribution is 2.38. The Hall–Kier alpha value is -0.940. The van der Waals surface area contributed by atoms with Gasteiger partial charge in [-0.15, -0.1) is 0 Å². The Morgan fingerprint density at radius 2 is 1.90 bits per heavy atom. The molecular formula is C15H24N4O. The van der Waals surface area contributed by atoms with E-state index in [-0.39, 0.29) is 0 Å². The summed E-state index contributed by atoms with van der Waals surface area (Å²) in [5, 5.41) is 7.58. The number of piperidine rings is 1. The molecule has 0 spiro atoms. The fourth-order valence-electron chi connectivity index (χ4n) is 3.19. The van der Waals surface area contributed by atoms with Gasteiger partial charge in [0.15, 0.2) is 5.82 Å². The molecule has 3 aliphatic rings. The maximum atomic E-state index is 5.45. The lowest BCUT2D eigenvalue weighted by atomic mass is 9.97. The molecule has 3 fully saturated rings. The van der Waals surface area contributed by atoms with Crippen LogP contribution >= 0.6 is 0 Å².